The third kappa shape index (κ3) is 2.96. The lowest BCUT2D eigenvalue weighted by Crippen LogP contribution is -2.35. The van der Waals surface area contributed by atoms with Crippen molar-refractivity contribution in [2.45, 2.75) is 26.2 Å². The average Bonchev–Trinajstić information content (AvgIpc) is 2.61. The van der Waals surface area contributed by atoms with Gasteiger partial charge in [-0.2, -0.15) is 5.26 Å². The number of carbonyl (C=O) groups is 2. The Balaban J connectivity index is 2.54. The zero-order chi connectivity index (χ0) is 12.1. The summed E-state index contributed by atoms with van der Waals surface area (Å²) in [5.41, 5.74) is 0. The minimum absolute atomic E-state index is 0.230. The van der Waals surface area contributed by atoms with Crippen molar-refractivity contribution in [2.75, 3.05) is 6.54 Å². The van der Waals surface area contributed by atoms with Crippen LogP contribution in [0, 0.1) is 29.1 Å². The monoisotopic (exact) mass is 224 g/mol. The molecule has 88 valence electrons. The molecule has 3 atom stereocenters. The van der Waals surface area contributed by atoms with Crippen LogP contribution in [0.15, 0.2) is 0 Å². The molecule has 5 heteroatoms. The minimum Gasteiger partial charge on any atom is -0.481 e. The largest absolute Gasteiger partial charge is 0.481 e. The maximum absolute atomic E-state index is 11.7. The first kappa shape index (κ1) is 12.5. The van der Waals surface area contributed by atoms with Crippen molar-refractivity contribution in [1.82, 2.24) is 5.32 Å². The number of carboxylic acids is 1. The molecular formula is C11H16N2O3. The highest BCUT2D eigenvalue weighted by Crippen LogP contribution is 2.36. The van der Waals surface area contributed by atoms with Crippen LogP contribution >= 0.6 is 0 Å². The lowest BCUT2D eigenvalue weighted by molar-refractivity contribution is -0.146. The Bertz CT molecular complexity index is 322. The Morgan fingerprint density at radius 1 is 1.44 bits per heavy atom. The molecule has 1 unspecified atom stereocenters. The number of carbonyl (C=O) groups excluding carboxylic acids is 1. The molecule has 0 radical (unpaired) electrons. The van der Waals surface area contributed by atoms with Crippen LogP contribution in [-0.4, -0.2) is 23.5 Å². The minimum atomic E-state index is -0.898. The van der Waals surface area contributed by atoms with Gasteiger partial charge >= 0.3 is 5.97 Å². The van der Waals surface area contributed by atoms with Crippen LogP contribution in [0.4, 0.5) is 0 Å². The Kier molecular flexibility index (Phi) is 4.29. The number of rotatable bonds is 4. The van der Waals surface area contributed by atoms with Gasteiger partial charge in [-0.15, -0.1) is 0 Å². The van der Waals surface area contributed by atoms with E-state index in [2.05, 4.69) is 5.32 Å². The Labute approximate surface area is 94.4 Å². The van der Waals surface area contributed by atoms with Gasteiger partial charge < -0.3 is 10.4 Å². The van der Waals surface area contributed by atoms with Crippen LogP contribution < -0.4 is 5.32 Å². The molecule has 0 aromatic rings. The predicted molar refractivity (Wildman–Crippen MR) is 56.3 cm³/mol. The first-order valence-corrected chi connectivity index (χ1v) is 5.43. The summed E-state index contributed by atoms with van der Waals surface area (Å²) in [6.45, 7) is 2.26. The molecule has 5 nitrogen and oxygen atoms in total. The molecular weight excluding hydrogens is 208 g/mol. The molecule has 1 rings (SSSR count). The molecule has 0 bridgehead atoms. The topological polar surface area (TPSA) is 90.2 Å². The number of hydrogen-bond acceptors (Lipinski definition) is 3. The second-order valence-electron chi connectivity index (χ2n) is 4.33. The number of hydrogen-bond donors (Lipinski definition) is 2. The molecule has 0 heterocycles. The van der Waals surface area contributed by atoms with Crippen molar-refractivity contribution >= 4 is 11.9 Å². The van der Waals surface area contributed by atoms with Gasteiger partial charge in [0.2, 0.25) is 5.91 Å². The van der Waals surface area contributed by atoms with Crippen LogP contribution in [0.25, 0.3) is 0 Å². The molecule has 0 aliphatic heterocycles. The highest BCUT2D eigenvalue weighted by atomic mass is 16.4. The Morgan fingerprint density at radius 2 is 2.06 bits per heavy atom. The molecule has 1 fully saturated rings. The van der Waals surface area contributed by atoms with E-state index in [0.29, 0.717) is 19.4 Å². The van der Waals surface area contributed by atoms with E-state index in [1.807, 2.05) is 13.0 Å². The highest BCUT2D eigenvalue weighted by Gasteiger charge is 2.40. The van der Waals surface area contributed by atoms with E-state index in [0.717, 1.165) is 0 Å². The molecule has 0 spiro atoms. The first-order chi connectivity index (χ1) is 7.56. The molecule has 1 saturated carbocycles. The summed E-state index contributed by atoms with van der Waals surface area (Å²) in [7, 11) is 0. The van der Waals surface area contributed by atoms with Crippen molar-refractivity contribution in [3.63, 3.8) is 0 Å². The lowest BCUT2D eigenvalue weighted by atomic mass is 9.95. The van der Waals surface area contributed by atoms with E-state index in [-0.39, 0.29) is 18.2 Å². The van der Waals surface area contributed by atoms with Crippen molar-refractivity contribution in [2.24, 2.45) is 17.8 Å². The predicted octanol–water partition coefficient (Wildman–Crippen LogP) is 0.763. The van der Waals surface area contributed by atoms with Crippen molar-refractivity contribution in [3.8, 4) is 6.07 Å². The zero-order valence-corrected chi connectivity index (χ0v) is 9.27. The summed E-state index contributed by atoms with van der Waals surface area (Å²) < 4.78 is 0. The number of carboxylic acid groups (broad SMARTS) is 1. The van der Waals surface area contributed by atoms with Crippen LogP contribution in [0.1, 0.15) is 26.2 Å². The first-order valence-electron chi connectivity index (χ1n) is 5.43. The number of amides is 1. The second kappa shape index (κ2) is 5.50. The number of nitriles is 1. The van der Waals surface area contributed by atoms with Crippen LogP contribution in [0.3, 0.4) is 0 Å². The number of nitrogens with zero attached hydrogens (tertiary/aromatic N) is 1. The van der Waals surface area contributed by atoms with Gasteiger partial charge in [-0.25, -0.2) is 0 Å². The number of aliphatic carboxylic acids is 1. The summed E-state index contributed by atoms with van der Waals surface area (Å²) in [6.07, 6.45) is 1.44. The molecule has 16 heavy (non-hydrogen) atoms. The van der Waals surface area contributed by atoms with Crippen LogP contribution in [0.2, 0.25) is 0 Å². The summed E-state index contributed by atoms with van der Waals surface area (Å²) in [6, 6.07) is 1.93. The fourth-order valence-electron chi connectivity index (χ4n) is 2.23. The molecule has 1 aliphatic rings. The smallest absolute Gasteiger partial charge is 0.307 e. The SMILES string of the molecule is CC1C[C@H](C(=O)NCCC#N)[C@H](C(=O)O)C1. The standard InChI is InChI=1S/C11H16N2O3/c1-7-5-8(9(6-7)11(15)16)10(14)13-4-2-3-12/h7-9H,2,4-6H2,1H3,(H,13,14)(H,15,16)/t7?,8-,9+/m0/s1. The van der Waals surface area contributed by atoms with Gasteiger partial charge in [-0.1, -0.05) is 6.92 Å². The summed E-state index contributed by atoms with van der Waals surface area (Å²) >= 11 is 0. The summed E-state index contributed by atoms with van der Waals surface area (Å²) in [5, 5.41) is 19.9. The van der Waals surface area contributed by atoms with Gasteiger partial charge in [0.1, 0.15) is 0 Å². The van der Waals surface area contributed by atoms with E-state index >= 15 is 0 Å². The third-order valence-corrected chi connectivity index (χ3v) is 2.99. The lowest BCUT2D eigenvalue weighted by Gasteiger charge is -2.14. The normalized spacial score (nSPS) is 28.4. The maximum atomic E-state index is 11.7. The molecule has 0 aromatic carbocycles. The quantitative estimate of drug-likeness (QED) is 0.690. The van der Waals surface area contributed by atoms with Crippen molar-refractivity contribution in [1.29, 1.82) is 5.26 Å². The molecule has 1 aliphatic carbocycles. The van der Waals surface area contributed by atoms with Gasteiger partial charge in [-0.05, 0) is 18.8 Å². The van der Waals surface area contributed by atoms with E-state index < -0.39 is 17.8 Å². The highest BCUT2D eigenvalue weighted by molar-refractivity contribution is 5.85. The van der Waals surface area contributed by atoms with Crippen LogP contribution in [-0.2, 0) is 9.59 Å². The molecule has 1 amide bonds. The Morgan fingerprint density at radius 3 is 2.62 bits per heavy atom. The fraction of sp³-hybridized carbons (Fsp3) is 0.727. The summed E-state index contributed by atoms with van der Waals surface area (Å²) in [4.78, 5) is 22.7. The van der Waals surface area contributed by atoms with Gasteiger partial charge in [0.15, 0.2) is 0 Å². The number of nitrogens with one attached hydrogen (secondary N) is 1. The van der Waals surface area contributed by atoms with Crippen molar-refractivity contribution in [3.05, 3.63) is 0 Å². The average molecular weight is 224 g/mol. The second-order valence-corrected chi connectivity index (χ2v) is 4.33. The zero-order valence-electron chi connectivity index (χ0n) is 9.27. The van der Waals surface area contributed by atoms with Gasteiger partial charge in [0.05, 0.1) is 24.3 Å². The van der Waals surface area contributed by atoms with Crippen LogP contribution in [0.5, 0.6) is 0 Å². The van der Waals surface area contributed by atoms with Gasteiger partial charge in [-0.3, -0.25) is 9.59 Å². The van der Waals surface area contributed by atoms with E-state index in [1.54, 1.807) is 0 Å². The molecule has 0 saturated heterocycles. The Hall–Kier alpha value is -1.57. The maximum Gasteiger partial charge on any atom is 0.307 e. The van der Waals surface area contributed by atoms with Gasteiger partial charge in [0, 0.05) is 6.54 Å². The van der Waals surface area contributed by atoms with E-state index in [4.69, 9.17) is 10.4 Å². The third-order valence-electron chi connectivity index (χ3n) is 2.99. The van der Waals surface area contributed by atoms with E-state index in [1.165, 1.54) is 0 Å². The summed E-state index contributed by atoms with van der Waals surface area (Å²) in [5.74, 6) is -1.87. The van der Waals surface area contributed by atoms with Gasteiger partial charge in [0.25, 0.3) is 0 Å². The molecule has 0 aromatic heterocycles. The van der Waals surface area contributed by atoms with E-state index in [9.17, 15) is 9.59 Å². The molecule has 2 N–H and O–H groups in total. The fourth-order valence-corrected chi connectivity index (χ4v) is 2.23. The van der Waals surface area contributed by atoms with Crippen molar-refractivity contribution < 1.29 is 14.7 Å².